The van der Waals surface area contributed by atoms with E-state index in [9.17, 15) is 18.0 Å². The van der Waals surface area contributed by atoms with E-state index in [1.807, 2.05) is 0 Å². The molecule has 22 heavy (non-hydrogen) atoms. The number of para-hydroxylation sites is 1. The molecule has 0 saturated carbocycles. The van der Waals surface area contributed by atoms with Crippen molar-refractivity contribution in [2.75, 3.05) is 12.4 Å². The number of furan rings is 1. The molecular formula is C13H13N3O5S. The molecule has 0 aliphatic carbocycles. The molecule has 0 radical (unpaired) electrons. The van der Waals surface area contributed by atoms with E-state index in [-0.39, 0.29) is 22.1 Å². The first-order valence-electron chi connectivity index (χ1n) is 6.08. The lowest BCUT2D eigenvalue weighted by atomic mass is 10.1. The van der Waals surface area contributed by atoms with Crippen LogP contribution in [-0.4, -0.2) is 27.3 Å². The van der Waals surface area contributed by atoms with Crippen molar-refractivity contribution in [3.63, 3.8) is 0 Å². The van der Waals surface area contributed by atoms with Crippen LogP contribution in [0.15, 0.2) is 45.9 Å². The van der Waals surface area contributed by atoms with Gasteiger partial charge in [0.2, 0.25) is 5.09 Å². The minimum absolute atomic E-state index is 0.130. The predicted octanol–water partition coefficient (Wildman–Crippen LogP) is 0.539. The lowest BCUT2D eigenvalue weighted by molar-refractivity contribution is 0.0991. The summed E-state index contributed by atoms with van der Waals surface area (Å²) in [5, 5.41) is 2.06. The first kappa shape index (κ1) is 15.7. The molecule has 116 valence electrons. The Hall–Kier alpha value is -2.65. The molecule has 9 heteroatoms. The van der Waals surface area contributed by atoms with Crippen LogP contribution in [0.2, 0.25) is 0 Å². The maximum atomic E-state index is 12.0. The SMILES string of the molecule is CNS(=O)(=O)c1ccc(C(=O)Nc2ccccc2C(N)=O)o1. The van der Waals surface area contributed by atoms with Gasteiger partial charge in [0.05, 0.1) is 11.3 Å². The fourth-order valence-corrected chi connectivity index (χ4v) is 2.33. The zero-order valence-corrected chi connectivity index (χ0v) is 12.3. The summed E-state index contributed by atoms with van der Waals surface area (Å²) in [6.07, 6.45) is 0. The standard InChI is InChI=1S/C13H13N3O5S/c1-15-22(19,20)11-7-6-10(21-11)13(18)16-9-5-3-2-4-8(9)12(14)17/h2-7,15H,1H3,(H2,14,17)(H,16,18). The highest BCUT2D eigenvalue weighted by Crippen LogP contribution is 2.18. The number of primary amides is 1. The number of carbonyl (C=O) groups is 2. The molecule has 0 aliphatic heterocycles. The number of amides is 2. The molecule has 0 fully saturated rings. The summed E-state index contributed by atoms with van der Waals surface area (Å²) in [6, 6.07) is 8.53. The minimum atomic E-state index is -3.78. The molecule has 1 aromatic carbocycles. The van der Waals surface area contributed by atoms with Crippen LogP contribution in [0, 0.1) is 0 Å². The number of hydrogen-bond donors (Lipinski definition) is 3. The van der Waals surface area contributed by atoms with Gasteiger partial charge in [0.15, 0.2) is 5.76 Å². The molecule has 2 aromatic rings. The van der Waals surface area contributed by atoms with Crippen molar-refractivity contribution in [2.45, 2.75) is 5.09 Å². The first-order valence-corrected chi connectivity index (χ1v) is 7.57. The number of nitrogens with two attached hydrogens (primary N) is 1. The summed E-state index contributed by atoms with van der Waals surface area (Å²) in [4.78, 5) is 23.3. The van der Waals surface area contributed by atoms with Gasteiger partial charge in [0, 0.05) is 0 Å². The molecule has 2 amide bonds. The van der Waals surface area contributed by atoms with Crippen molar-refractivity contribution >= 4 is 27.5 Å². The Labute approximate surface area is 126 Å². The van der Waals surface area contributed by atoms with Crippen LogP contribution in [0.1, 0.15) is 20.9 Å². The number of nitrogens with one attached hydrogen (secondary N) is 2. The molecule has 0 saturated heterocycles. The van der Waals surface area contributed by atoms with Gasteiger partial charge in [-0.3, -0.25) is 9.59 Å². The maximum absolute atomic E-state index is 12.0. The van der Waals surface area contributed by atoms with Gasteiger partial charge in [-0.1, -0.05) is 12.1 Å². The summed E-state index contributed by atoms with van der Waals surface area (Å²) in [7, 11) is -2.55. The summed E-state index contributed by atoms with van der Waals surface area (Å²) in [5.74, 6) is -1.62. The Kier molecular flexibility index (Phi) is 4.29. The zero-order chi connectivity index (χ0) is 16.3. The van der Waals surface area contributed by atoms with E-state index in [1.54, 1.807) is 12.1 Å². The van der Waals surface area contributed by atoms with Gasteiger partial charge in [0.1, 0.15) is 0 Å². The fraction of sp³-hybridized carbons (Fsp3) is 0.0769. The molecule has 8 nitrogen and oxygen atoms in total. The van der Waals surface area contributed by atoms with Crippen molar-refractivity contribution in [3.8, 4) is 0 Å². The molecule has 0 unspecified atom stereocenters. The number of carbonyl (C=O) groups excluding carboxylic acids is 2. The van der Waals surface area contributed by atoms with Crippen molar-refractivity contribution in [1.82, 2.24) is 4.72 Å². The molecule has 1 heterocycles. The summed E-state index contributed by atoms with van der Waals surface area (Å²) >= 11 is 0. The van der Waals surface area contributed by atoms with Crippen molar-refractivity contribution < 1.29 is 22.4 Å². The Morgan fingerprint density at radius 3 is 2.45 bits per heavy atom. The third-order valence-electron chi connectivity index (χ3n) is 2.78. The van der Waals surface area contributed by atoms with Crippen LogP contribution in [0.25, 0.3) is 0 Å². The normalized spacial score (nSPS) is 11.1. The van der Waals surface area contributed by atoms with Crippen molar-refractivity contribution in [1.29, 1.82) is 0 Å². The second-order valence-electron chi connectivity index (χ2n) is 4.19. The zero-order valence-electron chi connectivity index (χ0n) is 11.5. The Morgan fingerprint density at radius 1 is 1.14 bits per heavy atom. The monoisotopic (exact) mass is 323 g/mol. The topological polar surface area (TPSA) is 132 Å². The van der Waals surface area contributed by atoms with Gasteiger partial charge in [-0.2, -0.15) is 0 Å². The van der Waals surface area contributed by atoms with Gasteiger partial charge in [-0.15, -0.1) is 0 Å². The van der Waals surface area contributed by atoms with E-state index < -0.39 is 21.8 Å². The number of sulfonamides is 1. The fourth-order valence-electron chi connectivity index (χ4n) is 1.68. The quantitative estimate of drug-likeness (QED) is 0.739. The number of rotatable bonds is 5. The Balaban J connectivity index is 2.26. The molecule has 4 N–H and O–H groups in total. The summed E-state index contributed by atoms with van der Waals surface area (Å²) < 4.78 is 30.1. The van der Waals surface area contributed by atoms with Crippen molar-refractivity contribution in [3.05, 3.63) is 47.7 Å². The second-order valence-corrected chi connectivity index (χ2v) is 6.01. The van der Waals surface area contributed by atoms with E-state index in [1.165, 1.54) is 25.2 Å². The molecule has 0 aliphatic rings. The number of hydrogen-bond acceptors (Lipinski definition) is 5. The van der Waals surface area contributed by atoms with E-state index in [2.05, 4.69) is 10.0 Å². The minimum Gasteiger partial charge on any atom is -0.438 e. The summed E-state index contributed by atoms with van der Waals surface area (Å²) in [5.41, 5.74) is 5.54. The lowest BCUT2D eigenvalue weighted by Crippen LogP contribution is -2.19. The molecule has 2 rings (SSSR count). The van der Waals surface area contributed by atoms with E-state index in [0.717, 1.165) is 6.07 Å². The smallest absolute Gasteiger partial charge is 0.291 e. The van der Waals surface area contributed by atoms with Crippen LogP contribution in [0.3, 0.4) is 0 Å². The third kappa shape index (κ3) is 3.15. The van der Waals surface area contributed by atoms with Crippen molar-refractivity contribution in [2.24, 2.45) is 5.73 Å². The lowest BCUT2D eigenvalue weighted by Gasteiger charge is -2.07. The van der Waals surface area contributed by atoms with E-state index in [0.29, 0.717) is 0 Å². The highest BCUT2D eigenvalue weighted by molar-refractivity contribution is 7.89. The molecule has 0 atom stereocenters. The number of anilines is 1. The van der Waals surface area contributed by atoms with Gasteiger partial charge in [-0.05, 0) is 31.3 Å². The highest BCUT2D eigenvalue weighted by Gasteiger charge is 2.20. The van der Waals surface area contributed by atoms with Crippen LogP contribution >= 0.6 is 0 Å². The molecule has 0 bridgehead atoms. The van der Waals surface area contributed by atoms with Gasteiger partial charge in [-0.25, -0.2) is 13.1 Å². The molecule has 0 spiro atoms. The average Bonchev–Trinajstić information content (AvgIpc) is 2.98. The number of benzene rings is 1. The third-order valence-corrected chi connectivity index (χ3v) is 4.07. The second kappa shape index (κ2) is 6.00. The first-order chi connectivity index (χ1) is 10.3. The van der Waals surface area contributed by atoms with Crippen LogP contribution in [-0.2, 0) is 10.0 Å². The molecule has 1 aromatic heterocycles. The Morgan fingerprint density at radius 2 is 1.82 bits per heavy atom. The van der Waals surface area contributed by atoms with E-state index >= 15 is 0 Å². The van der Waals surface area contributed by atoms with Gasteiger partial charge in [0.25, 0.3) is 21.8 Å². The highest BCUT2D eigenvalue weighted by atomic mass is 32.2. The van der Waals surface area contributed by atoms with Gasteiger partial charge < -0.3 is 15.5 Å². The van der Waals surface area contributed by atoms with E-state index in [4.69, 9.17) is 10.2 Å². The van der Waals surface area contributed by atoms with Gasteiger partial charge >= 0.3 is 0 Å². The maximum Gasteiger partial charge on any atom is 0.291 e. The molecular weight excluding hydrogens is 310 g/mol. The average molecular weight is 323 g/mol. The Bertz CT molecular complexity index is 826. The largest absolute Gasteiger partial charge is 0.438 e. The van der Waals surface area contributed by atoms with Crippen LogP contribution in [0.4, 0.5) is 5.69 Å². The van der Waals surface area contributed by atoms with Crippen LogP contribution in [0.5, 0.6) is 0 Å². The summed E-state index contributed by atoms with van der Waals surface area (Å²) in [6.45, 7) is 0. The van der Waals surface area contributed by atoms with Crippen LogP contribution < -0.4 is 15.8 Å². The predicted molar refractivity (Wildman–Crippen MR) is 77.9 cm³/mol.